The first-order valence-corrected chi connectivity index (χ1v) is 8.33. The van der Waals surface area contributed by atoms with Gasteiger partial charge in [-0.25, -0.2) is 4.98 Å². The molecule has 0 unspecified atom stereocenters. The molecule has 1 N–H and O–H groups in total. The molecule has 0 bridgehead atoms. The molecule has 2 aromatic rings. The summed E-state index contributed by atoms with van der Waals surface area (Å²) >= 11 is 3.52. The van der Waals surface area contributed by atoms with E-state index in [9.17, 15) is 0 Å². The van der Waals surface area contributed by atoms with E-state index in [4.69, 9.17) is 10.1 Å². The van der Waals surface area contributed by atoms with Crippen LogP contribution in [0.15, 0.2) is 22.7 Å². The summed E-state index contributed by atoms with van der Waals surface area (Å²) < 4.78 is 3.38. The van der Waals surface area contributed by atoms with Gasteiger partial charge in [-0.2, -0.15) is 0 Å². The molecule has 0 aliphatic heterocycles. The first kappa shape index (κ1) is 14.1. The zero-order valence-corrected chi connectivity index (χ0v) is 13.3. The number of imidazole rings is 1. The summed E-state index contributed by atoms with van der Waals surface area (Å²) in [7, 11) is 0. The van der Waals surface area contributed by atoms with Crippen LogP contribution in [-0.4, -0.2) is 21.3 Å². The van der Waals surface area contributed by atoms with Crippen LogP contribution in [-0.2, 0) is 13.0 Å². The van der Waals surface area contributed by atoms with Crippen LogP contribution in [0.25, 0.3) is 11.0 Å². The number of nitrogens with zero attached hydrogens (tertiary/aromatic N) is 2. The normalized spacial score (nSPS) is 16.3. The van der Waals surface area contributed by atoms with E-state index >= 15 is 0 Å². The molecule has 20 heavy (non-hydrogen) atoms. The second-order valence-electron chi connectivity index (χ2n) is 5.74. The number of aryl methyl sites for hydroxylation is 1. The van der Waals surface area contributed by atoms with Crippen molar-refractivity contribution in [3.8, 4) is 0 Å². The molecular formula is C16H21BrN2O. The Labute approximate surface area is 128 Å². The highest BCUT2D eigenvalue weighted by Crippen LogP contribution is 2.29. The van der Waals surface area contributed by atoms with Gasteiger partial charge in [-0.3, -0.25) is 0 Å². The van der Waals surface area contributed by atoms with Gasteiger partial charge in [0.15, 0.2) is 0 Å². The first-order valence-electron chi connectivity index (χ1n) is 7.53. The van der Waals surface area contributed by atoms with Gasteiger partial charge < -0.3 is 9.67 Å². The van der Waals surface area contributed by atoms with E-state index in [-0.39, 0.29) is 6.61 Å². The van der Waals surface area contributed by atoms with Gasteiger partial charge in [0.25, 0.3) is 0 Å². The summed E-state index contributed by atoms with van der Waals surface area (Å²) in [6.07, 6.45) is 7.29. The van der Waals surface area contributed by atoms with E-state index in [1.54, 1.807) is 0 Å². The van der Waals surface area contributed by atoms with Crippen LogP contribution >= 0.6 is 15.9 Å². The molecule has 0 atom stereocenters. The lowest BCUT2D eigenvalue weighted by Gasteiger charge is -2.12. The van der Waals surface area contributed by atoms with E-state index in [0.29, 0.717) is 0 Å². The lowest BCUT2D eigenvalue weighted by molar-refractivity contribution is 0.279. The molecule has 0 saturated heterocycles. The number of rotatable bonds is 5. The fraction of sp³-hybridized carbons (Fsp3) is 0.562. The lowest BCUT2D eigenvalue weighted by atomic mass is 10.0. The minimum Gasteiger partial charge on any atom is -0.396 e. The quantitative estimate of drug-likeness (QED) is 0.898. The number of fused-ring (bicyclic) bond motifs is 1. The first-order chi connectivity index (χ1) is 9.78. The molecule has 1 fully saturated rings. The summed E-state index contributed by atoms with van der Waals surface area (Å²) in [5.74, 6) is 1.99. The summed E-state index contributed by atoms with van der Waals surface area (Å²) in [6.45, 7) is 1.09. The van der Waals surface area contributed by atoms with Crippen molar-refractivity contribution >= 4 is 27.0 Å². The molecule has 1 aromatic heterocycles. The molecule has 108 valence electrons. The van der Waals surface area contributed by atoms with E-state index in [2.05, 4.69) is 38.7 Å². The molecule has 1 aromatic carbocycles. The van der Waals surface area contributed by atoms with E-state index in [1.807, 2.05) is 0 Å². The summed E-state index contributed by atoms with van der Waals surface area (Å²) in [5.41, 5.74) is 2.25. The lowest BCUT2D eigenvalue weighted by Crippen LogP contribution is -2.09. The highest BCUT2D eigenvalue weighted by Gasteiger charge is 2.19. The molecule has 3 nitrogen and oxygen atoms in total. The third-order valence-corrected chi connectivity index (χ3v) is 4.77. The maximum Gasteiger partial charge on any atom is 0.110 e. The highest BCUT2D eigenvalue weighted by atomic mass is 79.9. The van der Waals surface area contributed by atoms with Crippen molar-refractivity contribution in [3.63, 3.8) is 0 Å². The van der Waals surface area contributed by atoms with Crippen LogP contribution in [0.1, 0.15) is 37.9 Å². The van der Waals surface area contributed by atoms with Crippen molar-refractivity contribution in [2.24, 2.45) is 5.92 Å². The average Bonchev–Trinajstić information content (AvgIpc) is 3.04. The fourth-order valence-corrected chi connectivity index (χ4v) is 3.61. The van der Waals surface area contributed by atoms with Gasteiger partial charge >= 0.3 is 0 Å². The number of halogens is 1. The second kappa shape index (κ2) is 6.27. The van der Waals surface area contributed by atoms with Crippen molar-refractivity contribution in [1.82, 2.24) is 9.55 Å². The zero-order chi connectivity index (χ0) is 13.9. The molecular weight excluding hydrogens is 316 g/mol. The summed E-state index contributed by atoms with van der Waals surface area (Å²) in [4.78, 5) is 4.84. The molecule has 3 rings (SSSR count). The SMILES string of the molecule is OCCCn1c(CC2CCCC2)nc2cc(Br)ccc21. The monoisotopic (exact) mass is 336 g/mol. The van der Waals surface area contributed by atoms with Gasteiger partial charge in [0.2, 0.25) is 0 Å². The van der Waals surface area contributed by atoms with Crippen LogP contribution in [0.5, 0.6) is 0 Å². The second-order valence-corrected chi connectivity index (χ2v) is 6.66. The van der Waals surface area contributed by atoms with Gasteiger partial charge in [0.05, 0.1) is 11.0 Å². The minimum absolute atomic E-state index is 0.235. The fourth-order valence-electron chi connectivity index (χ4n) is 3.26. The van der Waals surface area contributed by atoms with Crippen LogP contribution < -0.4 is 0 Å². The number of benzene rings is 1. The maximum absolute atomic E-state index is 9.12. The number of hydrogen-bond donors (Lipinski definition) is 1. The minimum atomic E-state index is 0.235. The van der Waals surface area contributed by atoms with Crippen LogP contribution in [0, 0.1) is 5.92 Å². The third kappa shape index (κ3) is 2.91. The largest absolute Gasteiger partial charge is 0.396 e. The van der Waals surface area contributed by atoms with Crippen molar-refractivity contribution in [2.75, 3.05) is 6.61 Å². The Balaban J connectivity index is 1.94. The van der Waals surface area contributed by atoms with Gasteiger partial charge in [-0.1, -0.05) is 41.6 Å². The van der Waals surface area contributed by atoms with Gasteiger partial charge in [-0.05, 0) is 30.5 Å². The van der Waals surface area contributed by atoms with Crippen molar-refractivity contribution in [3.05, 3.63) is 28.5 Å². The van der Waals surface area contributed by atoms with Crippen molar-refractivity contribution in [2.45, 2.75) is 45.1 Å². The molecule has 0 spiro atoms. The number of aromatic nitrogens is 2. The van der Waals surface area contributed by atoms with Crippen LogP contribution in [0.4, 0.5) is 0 Å². The average molecular weight is 337 g/mol. The Morgan fingerprint density at radius 3 is 2.85 bits per heavy atom. The molecule has 0 radical (unpaired) electrons. The molecule has 4 heteroatoms. The van der Waals surface area contributed by atoms with E-state index < -0.39 is 0 Å². The molecule has 0 amide bonds. The standard InChI is InChI=1S/C16H21BrN2O/c17-13-6-7-15-14(11-13)18-16(19(15)8-3-9-20)10-12-4-1-2-5-12/h6-7,11-12,20H,1-5,8-10H2. The molecule has 1 aliphatic carbocycles. The Hall–Kier alpha value is -0.870. The smallest absolute Gasteiger partial charge is 0.110 e. The number of aliphatic hydroxyl groups is 1. The zero-order valence-electron chi connectivity index (χ0n) is 11.7. The van der Waals surface area contributed by atoms with E-state index in [0.717, 1.165) is 35.3 Å². The predicted octanol–water partition coefficient (Wildman–Crippen LogP) is 3.91. The molecule has 1 saturated carbocycles. The summed E-state index contributed by atoms with van der Waals surface area (Å²) in [5, 5.41) is 9.12. The number of aliphatic hydroxyl groups excluding tert-OH is 1. The topological polar surface area (TPSA) is 38.0 Å². The van der Waals surface area contributed by atoms with Gasteiger partial charge in [-0.15, -0.1) is 0 Å². The third-order valence-electron chi connectivity index (χ3n) is 4.28. The van der Waals surface area contributed by atoms with Crippen LogP contribution in [0.3, 0.4) is 0 Å². The van der Waals surface area contributed by atoms with E-state index in [1.165, 1.54) is 37.0 Å². The molecule has 1 aliphatic rings. The Morgan fingerprint density at radius 1 is 1.30 bits per heavy atom. The molecule has 1 heterocycles. The highest BCUT2D eigenvalue weighted by molar-refractivity contribution is 9.10. The number of hydrogen-bond acceptors (Lipinski definition) is 2. The van der Waals surface area contributed by atoms with Gasteiger partial charge in [0, 0.05) is 24.0 Å². The Bertz CT molecular complexity index is 587. The predicted molar refractivity (Wildman–Crippen MR) is 84.8 cm³/mol. The van der Waals surface area contributed by atoms with Gasteiger partial charge in [0.1, 0.15) is 5.82 Å². The summed E-state index contributed by atoms with van der Waals surface area (Å²) in [6, 6.07) is 6.28. The Kier molecular flexibility index (Phi) is 4.41. The Morgan fingerprint density at radius 2 is 2.10 bits per heavy atom. The van der Waals surface area contributed by atoms with Crippen molar-refractivity contribution in [1.29, 1.82) is 0 Å². The maximum atomic E-state index is 9.12. The van der Waals surface area contributed by atoms with Crippen LogP contribution in [0.2, 0.25) is 0 Å². The van der Waals surface area contributed by atoms with Crippen molar-refractivity contribution < 1.29 is 5.11 Å².